The number of rotatable bonds is 5. The van der Waals surface area contributed by atoms with Crippen molar-refractivity contribution in [2.75, 3.05) is 33.7 Å². The van der Waals surface area contributed by atoms with Crippen molar-refractivity contribution in [3.63, 3.8) is 0 Å². The Labute approximate surface area is 92.4 Å². The van der Waals surface area contributed by atoms with Gasteiger partial charge in [0.2, 0.25) is 5.91 Å². The van der Waals surface area contributed by atoms with Gasteiger partial charge in [-0.05, 0) is 46.4 Å². The van der Waals surface area contributed by atoms with Crippen LogP contribution in [-0.4, -0.2) is 50.6 Å². The molecule has 88 valence electrons. The van der Waals surface area contributed by atoms with Gasteiger partial charge in [-0.3, -0.25) is 4.79 Å². The lowest BCUT2D eigenvalue weighted by Gasteiger charge is -2.22. The molecule has 0 aromatic heterocycles. The van der Waals surface area contributed by atoms with Crippen LogP contribution in [0.15, 0.2) is 0 Å². The Morgan fingerprint density at radius 2 is 2.27 bits per heavy atom. The molecule has 1 saturated heterocycles. The third-order valence-corrected chi connectivity index (χ3v) is 2.71. The van der Waals surface area contributed by atoms with Crippen LogP contribution in [0.1, 0.15) is 25.7 Å². The van der Waals surface area contributed by atoms with Gasteiger partial charge in [-0.1, -0.05) is 6.42 Å². The molecule has 1 rings (SSSR count). The largest absolute Gasteiger partial charge is 0.355 e. The Balaban J connectivity index is 2.07. The van der Waals surface area contributed by atoms with Crippen LogP contribution >= 0.6 is 0 Å². The highest BCUT2D eigenvalue weighted by Gasteiger charge is 2.19. The van der Waals surface area contributed by atoms with Crippen molar-refractivity contribution in [3.8, 4) is 0 Å². The van der Waals surface area contributed by atoms with E-state index in [4.69, 9.17) is 0 Å². The first kappa shape index (κ1) is 12.5. The Kier molecular flexibility index (Phi) is 5.65. The van der Waals surface area contributed by atoms with Gasteiger partial charge in [0.05, 0.1) is 6.04 Å². The van der Waals surface area contributed by atoms with Crippen molar-refractivity contribution in [2.24, 2.45) is 0 Å². The summed E-state index contributed by atoms with van der Waals surface area (Å²) in [7, 11) is 4.09. The summed E-state index contributed by atoms with van der Waals surface area (Å²) in [5.41, 5.74) is 0. The lowest BCUT2D eigenvalue weighted by atomic mass is 10.0. The topological polar surface area (TPSA) is 44.4 Å². The maximum atomic E-state index is 11.7. The fourth-order valence-corrected chi connectivity index (χ4v) is 1.81. The molecule has 0 spiro atoms. The van der Waals surface area contributed by atoms with E-state index in [1.165, 1.54) is 12.8 Å². The summed E-state index contributed by atoms with van der Waals surface area (Å²) in [5, 5.41) is 6.23. The fraction of sp³-hybridized carbons (Fsp3) is 0.909. The van der Waals surface area contributed by atoms with Gasteiger partial charge in [0.25, 0.3) is 0 Å². The van der Waals surface area contributed by atoms with E-state index in [0.29, 0.717) is 0 Å². The van der Waals surface area contributed by atoms with E-state index in [2.05, 4.69) is 15.5 Å². The third-order valence-electron chi connectivity index (χ3n) is 2.71. The minimum atomic E-state index is 0.0538. The zero-order chi connectivity index (χ0) is 11.1. The number of nitrogens with zero attached hydrogens (tertiary/aromatic N) is 1. The summed E-state index contributed by atoms with van der Waals surface area (Å²) < 4.78 is 0. The van der Waals surface area contributed by atoms with Gasteiger partial charge in [0.1, 0.15) is 0 Å². The maximum Gasteiger partial charge on any atom is 0.237 e. The smallest absolute Gasteiger partial charge is 0.237 e. The van der Waals surface area contributed by atoms with Crippen molar-refractivity contribution in [2.45, 2.75) is 31.7 Å². The first-order chi connectivity index (χ1) is 7.20. The zero-order valence-corrected chi connectivity index (χ0v) is 9.88. The molecule has 1 aliphatic rings. The number of piperidine rings is 1. The van der Waals surface area contributed by atoms with Crippen LogP contribution in [0, 0.1) is 0 Å². The average Bonchev–Trinajstić information content (AvgIpc) is 2.25. The molecule has 1 atom stereocenters. The first-order valence-corrected chi connectivity index (χ1v) is 5.86. The van der Waals surface area contributed by atoms with Crippen LogP contribution in [0.3, 0.4) is 0 Å². The van der Waals surface area contributed by atoms with Crippen LogP contribution < -0.4 is 10.6 Å². The molecular formula is C11H23N3O. The minimum Gasteiger partial charge on any atom is -0.355 e. The number of hydrogen-bond acceptors (Lipinski definition) is 3. The molecule has 1 amide bonds. The molecule has 1 fully saturated rings. The molecule has 1 unspecified atom stereocenters. The monoisotopic (exact) mass is 213 g/mol. The molecule has 4 heteroatoms. The van der Waals surface area contributed by atoms with E-state index in [9.17, 15) is 4.79 Å². The molecule has 0 aliphatic carbocycles. The molecule has 0 saturated carbocycles. The second kappa shape index (κ2) is 6.80. The highest BCUT2D eigenvalue weighted by atomic mass is 16.2. The number of amides is 1. The maximum absolute atomic E-state index is 11.7. The number of nitrogens with one attached hydrogen (secondary N) is 2. The van der Waals surface area contributed by atoms with E-state index in [0.717, 1.165) is 32.5 Å². The van der Waals surface area contributed by atoms with Crippen LogP contribution in [0.2, 0.25) is 0 Å². The Morgan fingerprint density at radius 3 is 2.87 bits per heavy atom. The summed E-state index contributed by atoms with van der Waals surface area (Å²) in [5.74, 6) is 0.174. The molecule has 1 heterocycles. The summed E-state index contributed by atoms with van der Waals surface area (Å²) >= 11 is 0. The van der Waals surface area contributed by atoms with Gasteiger partial charge in [0.15, 0.2) is 0 Å². The van der Waals surface area contributed by atoms with E-state index in [1.807, 2.05) is 14.1 Å². The van der Waals surface area contributed by atoms with Crippen LogP contribution in [0.25, 0.3) is 0 Å². The first-order valence-electron chi connectivity index (χ1n) is 5.86. The molecular weight excluding hydrogens is 190 g/mol. The summed E-state index contributed by atoms with van der Waals surface area (Å²) in [6, 6.07) is 0.0538. The predicted octanol–water partition coefficient (Wildman–Crippen LogP) is 0.196. The Morgan fingerprint density at radius 1 is 1.47 bits per heavy atom. The molecule has 0 radical (unpaired) electrons. The van der Waals surface area contributed by atoms with Crippen molar-refractivity contribution in [1.82, 2.24) is 15.5 Å². The van der Waals surface area contributed by atoms with E-state index in [-0.39, 0.29) is 11.9 Å². The lowest BCUT2D eigenvalue weighted by Crippen LogP contribution is -2.47. The molecule has 15 heavy (non-hydrogen) atoms. The predicted molar refractivity (Wildman–Crippen MR) is 61.8 cm³/mol. The molecule has 0 aromatic rings. The highest BCUT2D eigenvalue weighted by Crippen LogP contribution is 2.06. The molecule has 0 aromatic carbocycles. The standard InChI is InChI=1S/C11H23N3O/c1-14(2)9-5-8-13-11(15)10-6-3-4-7-12-10/h10,12H,3-9H2,1-2H3,(H,13,15). The van der Waals surface area contributed by atoms with Crippen molar-refractivity contribution in [1.29, 1.82) is 0 Å². The second-order valence-electron chi connectivity index (χ2n) is 4.45. The SMILES string of the molecule is CN(C)CCCNC(=O)C1CCCCN1. The molecule has 0 bridgehead atoms. The van der Waals surface area contributed by atoms with Crippen molar-refractivity contribution in [3.05, 3.63) is 0 Å². The van der Waals surface area contributed by atoms with Gasteiger partial charge in [-0.25, -0.2) is 0 Å². The molecule has 1 aliphatic heterocycles. The van der Waals surface area contributed by atoms with Crippen molar-refractivity contribution < 1.29 is 4.79 Å². The summed E-state index contributed by atoms with van der Waals surface area (Å²) in [6.45, 7) is 2.79. The Hall–Kier alpha value is -0.610. The number of carbonyl (C=O) groups excluding carboxylic acids is 1. The average molecular weight is 213 g/mol. The second-order valence-corrected chi connectivity index (χ2v) is 4.45. The fourth-order valence-electron chi connectivity index (χ4n) is 1.81. The zero-order valence-electron chi connectivity index (χ0n) is 9.88. The normalized spacial score (nSPS) is 21.7. The van der Waals surface area contributed by atoms with Gasteiger partial charge < -0.3 is 15.5 Å². The van der Waals surface area contributed by atoms with E-state index >= 15 is 0 Å². The number of hydrogen-bond donors (Lipinski definition) is 2. The van der Waals surface area contributed by atoms with Crippen LogP contribution in [0.4, 0.5) is 0 Å². The lowest BCUT2D eigenvalue weighted by molar-refractivity contribution is -0.123. The molecule has 2 N–H and O–H groups in total. The number of carbonyl (C=O) groups is 1. The van der Waals surface area contributed by atoms with Gasteiger partial charge >= 0.3 is 0 Å². The summed E-state index contributed by atoms with van der Waals surface area (Å²) in [6.07, 6.45) is 4.37. The third kappa shape index (κ3) is 5.14. The molecule has 4 nitrogen and oxygen atoms in total. The van der Waals surface area contributed by atoms with Gasteiger partial charge in [-0.2, -0.15) is 0 Å². The highest BCUT2D eigenvalue weighted by molar-refractivity contribution is 5.81. The quantitative estimate of drug-likeness (QED) is 0.641. The van der Waals surface area contributed by atoms with E-state index < -0.39 is 0 Å². The minimum absolute atomic E-state index is 0.0538. The van der Waals surface area contributed by atoms with Gasteiger partial charge in [0, 0.05) is 6.54 Å². The van der Waals surface area contributed by atoms with Gasteiger partial charge in [-0.15, -0.1) is 0 Å². The van der Waals surface area contributed by atoms with Crippen molar-refractivity contribution >= 4 is 5.91 Å². The van der Waals surface area contributed by atoms with Crippen LogP contribution in [0.5, 0.6) is 0 Å². The Bertz CT molecular complexity index is 188. The van der Waals surface area contributed by atoms with E-state index in [1.54, 1.807) is 0 Å². The van der Waals surface area contributed by atoms with Crippen LogP contribution in [-0.2, 0) is 4.79 Å². The summed E-state index contributed by atoms with van der Waals surface area (Å²) in [4.78, 5) is 13.8.